The van der Waals surface area contributed by atoms with Crippen molar-refractivity contribution in [2.24, 2.45) is 0 Å². The number of hydrogen-bond donors (Lipinski definition) is 0. The third-order valence-electron chi connectivity index (χ3n) is 4.99. The maximum absolute atomic E-state index is 12.9. The summed E-state index contributed by atoms with van der Waals surface area (Å²) in [4.78, 5) is 19.0. The molecule has 1 aliphatic heterocycles. The fraction of sp³-hybridized carbons (Fsp3) is 0.450. The molecule has 1 aromatic heterocycles. The lowest BCUT2D eigenvalue weighted by Gasteiger charge is -2.25. The van der Waals surface area contributed by atoms with Crippen LogP contribution in [0.5, 0.6) is 0 Å². The summed E-state index contributed by atoms with van der Waals surface area (Å²) in [5.74, 6) is 1.75. The first kappa shape index (κ1) is 17.1. The van der Waals surface area contributed by atoms with Crippen LogP contribution in [0.25, 0.3) is 5.57 Å². The fourth-order valence-electron chi connectivity index (χ4n) is 3.22. The lowest BCUT2D eigenvalue weighted by molar-refractivity contribution is 0.0975. The first-order chi connectivity index (χ1) is 12.7. The highest BCUT2D eigenvalue weighted by molar-refractivity contribution is 5.95. The van der Waals surface area contributed by atoms with Crippen LogP contribution in [0.1, 0.15) is 60.1 Å². The van der Waals surface area contributed by atoms with E-state index < -0.39 is 0 Å². The second-order valence-electron chi connectivity index (χ2n) is 7.04. The van der Waals surface area contributed by atoms with Crippen LogP contribution in [-0.2, 0) is 0 Å². The first-order valence-corrected chi connectivity index (χ1v) is 9.23. The lowest BCUT2D eigenvalue weighted by Crippen LogP contribution is -2.30. The van der Waals surface area contributed by atoms with E-state index in [0.29, 0.717) is 17.9 Å². The number of benzene rings is 1. The Morgan fingerprint density at radius 1 is 1.27 bits per heavy atom. The third kappa shape index (κ3) is 4.07. The van der Waals surface area contributed by atoms with Crippen molar-refractivity contribution in [3.05, 3.63) is 53.4 Å². The Morgan fingerprint density at radius 2 is 2.08 bits per heavy atom. The zero-order valence-electron chi connectivity index (χ0n) is 14.7. The van der Waals surface area contributed by atoms with E-state index in [9.17, 15) is 9.18 Å². The summed E-state index contributed by atoms with van der Waals surface area (Å²) in [5.41, 5.74) is 1.73. The SMILES string of the molecule is O=C(CCCN1CC=C(c2noc(C3CC3)n2)CC1)c1ccc(F)cc1. The average Bonchev–Trinajstić information content (AvgIpc) is 3.40. The summed E-state index contributed by atoms with van der Waals surface area (Å²) < 4.78 is 18.2. The molecule has 1 fully saturated rings. The van der Waals surface area contributed by atoms with E-state index in [1.807, 2.05) is 0 Å². The third-order valence-corrected chi connectivity index (χ3v) is 4.99. The van der Waals surface area contributed by atoms with E-state index in [0.717, 1.165) is 62.6 Å². The van der Waals surface area contributed by atoms with Gasteiger partial charge in [0.1, 0.15) is 5.82 Å². The number of carbonyl (C=O) groups is 1. The van der Waals surface area contributed by atoms with Gasteiger partial charge in [0.15, 0.2) is 11.6 Å². The molecule has 4 rings (SSSR count). The Balaban J connectivity index is 1.23. The summed E-state index contributed by atoms with van der Waals surface area (Å²) in [6.45, 7) is 2.65. The lowest BCUT2D eigenvalue weighted by atomic mass is 10.0. The average molecular weight is 355 g/mol. The quantitative estimate of drug-likeness (QED) is 0.706. The summed E-state index contributed by atoms with van der Waals surface area (Å²) in [7, 11) is 0. The van der Waals surface area contributed by atoms with Crippen LogP contribution in [0.4, 0.5) is 4.39 Å². The van der Waals surface area contributed by atoms with Crippen LogP contribution in [0.3, 0.4) is 0 Å². The molecule has 0 saturated heterocycles. The number of Topliss-reactive ketones (excluding diaryl/α,β-unsaturated/α-hetero) is 1. The Kier molecular flexibility index (Phi) is 4.93. The van der Waals surface area contributed by atoms with Crippen molar-refractivity contribution in [3.8, 4) is 0 Å². The molecule has 136 valence electrons. The van der Waals surface area contributed by atoms with Crippen molar-refractivity contribution in [3.63, 3.8) is 0 Å². The molecule has 6 heteroatoms. The molecule has 2 aromatic rings. The van der Waals surface area contributed by atoms with Crippen LogP contribution in [0, 0.1) is 5.82 Å². The molecule has 0 atom stereocenters. The predicted octanol–water partition coefficient (Wildman–Crippen LogP) is 3.84. The molecular formula is C20H22FN3O2. The molecule has 0 N–H and O–H groups in total. The van der Waals surface area contributed by atoms with E-state index >= 15 is 0 Å². The molecular weight excluding hydrogens is 333 g/mol. The normalized spacial score (nSPS) is 18.0. The molecule has 26 heavy (non-hydrogen) atoms. The second kappa shape index (κ2) is 7.50. The number of ketones is 1. The van der Waals surface area contributed by atoms with Crippen LogP contribution >= 0.6 is 0 Å². The monoisotopic (exact) mass is 355 g/mol. The van der Waals surface area contributed by atoms with Gasteiger partial charge in [-0.3, -0.25) is 9.69 Å². The summed E-state index contributed by atoms with van der Waals surface area (Å²) in [5, 5.41) is 4.11. The number of carbonyl (C=O) groups excluding carboxylic acids is 1. The molecule has 1 aliphatic carbocycles. The minimum absolute atomic E-state index is 0.0673. The number of aromatic nitrogens is 2. The van der Waals surface area contributed by atoms with Gasteiger partial charge in [-0.15, -0.1) is 0 Å². The molecule has 2 heterocycles. The Morgan fingerprint density at radius 3 is 2.77 bits per heavy atom. The maximum atomic E-state index is 12.9. The van der Waals surface area contributed by atoms with Gasteiger partial charge in [0.25, 0.3) is 0 Å². The number of hydrogen-bond acceptors (Lipinski definition) is 5. The maximum Gasteiger partial charge on any atom is 0.230 e. The molecule has 0 radical (unpaired) electrons. The highest BCUT2D eigenvalue weighted by atomic mass is 19.1. The van der Waals surface area contributed by atoms with Crippen molar-refractivity contribution in [1.82, 2.24) is 15.0 Å². The minimum Gasteiger partial charge on any atom is -0.339 e. The number of nitrogens with zero attached hydrogens (tertiary/aromatic N) is 3. The predicted molar refractivity (Wildman–Crippen MR) is 95.3 cm³/mol. The highest BCUT2D eigenvalue weighted by Crippen LogP contribution is 2.39. The minimum atomic E-state index is -0.316. The highest BCUT2D eigenvalue weighted by Gasteiger charge is 2.30. The van der Waals surface area contributed by atoms with Crippen LogP contribution in [-0.4, -0.2) is 40.5 Å². The molecule has 2 aliphatic rings. The van der Waals surface area contributed by atoms with Gasteiger partial charge in [-0.2, -0.15) is 4.98 Å². The molecule has 1 aromatic carbocycles. The van der Waals surface area contributed by atoms with Gasteiger partial charge in [-0.25, -0.2) is 4.39 Å². The van der Waals surface area contributed by atoms with Crippen LogP contribution < -0.4 is 0 Å². The molecule has 0 amide bonds. The van der Waals surface area contributed by atoms with Gasteiger partial charge >= 0.3 is 0 Å². The summed E-state index contributed by atoms with van der Waals surface area (Å²) in [6, 6.07) is 5.76. The van der Waals surface area contributed by atoms with Crippen molar-refractivity contribution in [2.45, 2.75) is 38.0 Å². The number of rotatable bonds is 7. The smallest absolute Gasteiger partial charge is 0.230 e. The van der Waals surface area contributed by atoms with E-state index in [2.05, 4.69) is 21.1 Å². The molecule has 1 saturated carbocycles. The number of halogens is 1. The summed E-state index contributed by atoms with van der Waals surface area (Å²) >= 11 is 0. The zero-order valence-corrected chi connectivity index (χ0v) is 14.7. The van der Waals surface area contributed by atoms with Gasteiger partial charge in [-0.05, 0) is 62.1 Å². The fourth-order valence-corrected chi connectivity index (χ4v) is 3.22. The molecule has 0 unspecified atom stereocenters. The van der Waals surface area contributed by atoms with Gasteiger partial charge in [0, 0.05) is 31.0 Å². The van der Waals surface area contributed by atoms with E-state index in [4.69, 9.17) is 4.52 Å². The Bertz CT molecular complexity index is 809. The summed E-state index contributed by atoms with van der Waals surface area (Å²) in [6.07, 6.45) is 6.65. The second-order valence-corrected chi connectivity index (χ2v) is 7.04. The molecule has 0 spiro atoms. The molecule has 5 nitrogen and oxygen atoms in total. The Labute approximate surface area is 151 Å². The van der Waals surface area contributed by atoms with Crippen molar-refractivity contribution >= 4 is 11.4 Å². The molecule has 0 bridgehead atoms. The topological polar surface area (TPSA) is 59.2 Å². The zero-order chi connectivity index (χ0) is 17.9. The van der Waals surface area contributed by atoms with Crippen LogP contribution in [0.2, 0.25) is 0 Å². The van der Waals surface area contributed by atoms with E-state index in [1.165, 1.54) is 12.1 Å². The van der Waals surface area contributed by atoms with E-state index in [1.54, 1.807) is 12.1 Å². The van der Waals surface area contributed by atoms with Gasteiger partial charge in [-0.1, -0.05) is 11.2 Å². The van der Waals surface area contributed by atoms with E-state index in [-0.39, 0.29) is 11.6 Å². The first-order valence-electron chi connectivity index (χ1n) is 9.23. The standard InChI is InChI=1S/C20H22FN3O2/c21-17-7-5-14(6-8-17)18(25)2-1-11-24-12-9-15(10-13-24)19-22-20(26-23-19)16-3-4-16/h5-9,16H,1-4,10-13H2. The van der Waals surface area contributed by atoms with Crippen LogP contribution in [0.15, 0.2) is 34.9 Å². The Hall–Kier alpha value is -2.34. The van der Waals surface area contributed by atoms with Gasteiger partial charge in [0.2, 0.25) is 5.89 Å². The largest absolute Gasteiger partial charge is 0.339 e. The van der Waals surface area contributed by atoms with Gasteiger partial charge < -0.3 is 4.52 Å². The van der Waals surface area contributed by atoms with Gasteiger partial charge in [0.05, 0.1) is 0 Å². The van der Waals surface area contributed by atoms with Crippen molar-refractivity contribution in [2.75, 3.05) is 19.6 Å². The van der Waals surface area contributed by atoms with Crippen molar-refractivity contribution < 1.29 is 13.7 Å². The van der Waals surface area contributed by atoms with Crippen molar-refractivity contribution in [1.29, 1.82) is 0 Å².